The molecule has 0 saturated carbocycles. The van der Waals surface area contributed by atoms with Crippen molar-refractivity contribution in [3.63, 3.8) is 0 Å². The molecule has 2 aromatic rings. The summed E-state index contributed by atoms with van der Waals surface area (Å²) in [5, 5.41) is 37.7. The second kappa shape index (κ2) is 5.93. The van der Waals surface area contributed by atoms with Gasteiger partial charge in [0.15, 0.2) is 23.0 Å². The Kier molecular flexibility index (Phi) is 4.42. The molecule has 0 bridgehead atoms. The van der Waals surface area contributed by atoms with E-state index in [1.165, 1.54) is 0 Å². The second-order valence-electron chi connectivity index (χ2n) is 5.61. The number of alkyl halides is 6. The van der Waals surface area contributed by atoms with Crippen molar-refractivity contribution in [2.75, 3.05) is 11.5 Å². The normalized spacial score (nSPS) is 13.0. The van der Waals surface area contributed by atoms with Gasteiger partial charge in [0.05, 0.1) is 11.4 Å². The fourth-order valence-electron chi connectivity index (χ4n) is 2.70. The van der Waals surface area contributed by atoms with E-state index in [9.17, 15) is 46.8 Å². The zero-order valence-corrected chi connectivity index (χ0v) is 13.0. The van der Waals surface area contributed by atoms with Gasteiger partial charge < -0.3 is 31.9 Å². The fraction of sp³-hybridized carbons (Fsp3) is 0.200. The lowest BCUT2D eigenvalue weighted by molar-refractivity contribution is -0.288. The summed E-state index contributed by atoms with van der Waals surface area (Å²) in [6.45, 7) is 0. The maximum absolute atomic E-state index is 13.9. The number of hydrogen-bond acceptors (Lipinski definition) is 6. The minimum absolute atomic E-state index is 0.0484. The molecular weight excluding hydrogens is 386 g/mol. The van der Waals surface area contributed by atoms with Crippen LogP contribution < -0.4 is 11.5 Å². The van der Waals surface area contributed by atoms with Crippen LogP contribution in [0.4, 0.5) is 37.7 Å². The van der Waals surface area contributed by atoms with E-state index in [0.717, 1.165) is 0 Å². The minimum atomic E-state index is -6.06. The van der Waals surface area contributed by atoms with Crippen molar-refractivity contribution in [2.24, 2.45) is 0 Å². The zero-order valence-electron chi connectivity index (χ0n) is 13.0. The van der Waals surface area contributed by atoms with Crippen molar-refractivity contribution in [1.82, 2.24) is 0 Å². The highest BCUT2D eigenvalue weighted by Gasteiger charge is 2.73. The molecular formula is C15H12F6N2O4. The van der Waals surface area contributed by atoms with Crippen molar-refractivity contribution >= 4 is 11.4 Å². The minimum Gasteiger partial charge on any atom is -0.504 e. The first-order valence-electron chi connectivity index (χ1n) is 6.92. The number of rotatable bonds is 2. The lowest BCUT2D eigenvalue weighted by atomic mass is 9.72. The molecule has 0 atom stereocenters. The van der Waals surface area contributed by atoms with Crippen LogP contribution in [0.2, 0.25) is 0 Å². The molecule has 0 aliphatic carbocycles. The van der Waals surface area contributed by atoms with E-state index in [-0.39, 0.29) is 24.3 Å². The number of halogens is 6. The lowest BCUT2D eigenvalue weighted by Gasteiger charge is -2.38. The number of phenols is 4. The van der Waals surface area contributed by atoms with E-state index < -0.39 is 63.3 Å². The molecule has 0 spiro atoms. The van der Waals surface area contributed by atoms with Gasteiger partial charge in [-0.15, -0.1) is 0 Å². The fourth-order valence-corrected chi connectivity index (χ4v) is 2.70. The van der Waals surface area contributed by atoms with Crippen molar-refractivity contribution in [2.45, 2.75) is 17.8 Å². The Bertz CT molecular complexity index is 775. The summed E-state index contributed by atoms with van der Waals surface area (Å²) in [7, 11) is 0. The molecule has 2 rings (SSSR count). The van der Waals surface area contributed by atoms with E-state index in [4.69, 9.17) is 11.5 Å². The molecule has 12 heteroatoms. The molecule has 0 amide bonds. The second-order valence-corrected chi connectivity index (χ2v) is 5.61. The first-order valence-corrected chi connectivity index (χ1v) is 6.92. The van der Waals surface area contributed by atoms with Crippen LogP contribution in [0.15, 0.2) is 24.3 Å². The van der Waals surface area contributed by atoms with Gasteiger partial charge in [-0.05, 0) is 35.4 Å². The Labute approximate surface area is 146 Å². The monoisotopic (exact) mass is 398 g/mol. The van der Waals surface area contributed by atoms with Crippen LogP contribution in [0.3, 0.4) is 0 Å². The Balaban J connectivity index is 3.06. The Morgan fingerprint density at radius 3 is 1.11 bits per heavy atom. The standard InChI is InChI=1S/C15H12F6N2O4/c16-14(17,18)13(15(19,20)21,5-1-7(22)11(26)9(24)3-5)6-2-8(23)12(27)10(25)4-6/h1-4,24-27H,22-23H2. The number of anilines is 2. The SMILES string of the molecule is Nc1cc(C(c2cc(N)c(O)c(O)c2)(C(F)(F)F)C(F)(F)F)cc(O)c1O. The number of benzene rings is 2. The van der Waals surface area contributed by atoms with Crippen LogP contribution in [0, 0.1) is 0 Å². The van der Waals surface area contributed by atoms with Crippen LogP contribution in [0.1, 0.15) is 11.1 Å². The molecule has 0 unspecified atom stereocenters. The summed E-state index contributed by atoms with van der Waals surface area (Å²) >= 11 is 0. The summed E-state index contributed by atoms with van der Waals surface area (Å²) in [5.74, 6) is -4.85. The molecule has 0 radical (unpaired) electrons. The van der Waals surface area contributed by atoms with E-state index in [0.29, 0.717) is 0 Å². The number of nitrogens with two attached hydrogens (primary N) is 2. The topological polar surface area (TPSA) is 133 Å². The van der Waals surface area contributed by atoms with Gasteiger partial charge in [-0.2, -0.15) is 26.3 Å². The van der Waals surface area contributed by atoms with Gasteiger partial charge in [0, 0.05) is 0 Å². The van der Waals surface area contributed by atoms with Gasteiger partial charge in [-0.25, -0.2) is 0 Å². The number of aromatic hydroxyl groups is 4. The van der Waals surface area contributed by atoms with Gasteiger partial charge in [0.2, 0.25) is 5.41 Å². The maximum atomic E-state index is 13.9. The third-order valence-corrected chi connectivity index (χ3v) is 3.96. The van der Waals surface area contributed by atoms with Crippen LogP contribution >= 0.6 is 0 Å². The van der Waals surface area contributed by atoms with Crippen LogP contribution in [-0.4, -0.2) is 32.8 Å². The maximum Gasteiger partial charge on any atom is 0.411 e. The molecule has 0 aliphatic rings. The highest BCUT2D eigenvalue weighted by molar-refractivity contribution is 5.67. The molecule has 0 saturated heterocycles. The van der Waals surface area contributed by atoms with Crippen molar-refractivity contribution < 1.29 is 46.8 Å². The van der Waals surface area contributed by atoms with Crippen molar-refractivity contribution in [3.05, 3.63) is 35.4 Å². The highest BCUT2D eigenvalue weighted by atomic mass is 19.4. The summed E-state index contributed by atoms with van der Waals surface area (Å²) in [5.41, 5.74) is 0.565. The Morgan fingerprint density at radius 1 is 0.593 bits per heavy atom. The molecule has 8 N–H and O–H groups in total. The van der Waals surface area contributed by atoms with Gasteiger partial charge in [0.25, 0.3) is 0 Å². The number of nitrogen functional groups attached to an aromatic ring is 2. The predicted molar refractivity (Wildman–Crippen MR) is 81.3 cm³/mol. The number of phenolic OH excluding ortho intramolecular Hbond substituents is 4. The molecule has 0 heterocycles. The van der Waals surface area contributed by atoms with Gasteiger partial charge in [-0.1, -0.05) is 0 Å². The van der Waals surface area contributed by atoms with E-state index in [1.54, 1.807) is 0 Å². The lowest BCUT2D eigenvalue weighted by Crippen LogP contribution is -2.54. The summed E-state index contributed by atoms with van der Waals surface area (Å²) in [4.78, 5) is 0. The molecule has 27 heavy (non-hydrogen) atoms. The van der Waals surface area contributed by atoms with Crippen molar-refractivity contribution in [1.29, 1.82) is 0 Å². The average molecular weight is 398 g/mol. The Morgan fingerprint density at radius 2 is 0.889 bits per heavy atom. The molecule has 0 fully saturated rings. The summed E-state index contributed by atoms with van der Waals surface area (Å²) in [6, 6.07) is 0.478. The average Bonchev–Trinajstić information content (AvgIpc) is 2.47. The smallest absolute Gasteiger partial charge is 0.411 e. The van der Waals surface area contributed by atoms with Gasteiger partial charge in [0.1, 0.15) is 0 Å². The molecule has 2 aromatic carbocycles. The molecule has 0 aromatic heterocycles. The number of hydrogen-bond donors (Lipinski definition) is 6. The molecule has 6 nitrogen and oxygen atoms in total. The largest absolute Gasteiger partial charge is 0.504 e. The Hall–Kier alpha value is -3.18. The predicted octanol–water partition coefficient (Wildman–Crippen LogP) is 3.08. The third kappa shape index (κ3) is 2.86. The van der Waals surface area contributed by atoms with Crippen molar-refractivity contribution in [3.8, 4) is 23.0 Å². The summed E-state index contributed by atoms with van der Waals surface area (Å²) < 4.78 is 83.3. The highest BCUT2D eigenvalue weighted by Crippen LogP contribution is 2.58. The first-order chi connectivity index (χ1) is 12.1. The van der Waals surface area contributed by atoms with E-state index in [1.807, 2.05) is 0 Å². The van der Waals surface area contributed by atoms with E-state index >= 15 is 0 Å². The quantitative estimate of drug-likeness (QED) is 0.262. The third-order valence-electron chi connectivity index (χ3n) is 3.96. The van der Waals surface area contributed by atoms with Gasteiger partial charge >= 0.3 is 12.4 Å². The first kappa shape index (κ1) is 20.1. The molecule has 148 valence electrons. The molecule has 0 aliphatic heterocycles. The van der Waals surface area contributed by atoms with Crippen LogP contribution in [-0.2, 0) is 5.41 Å². The van der Waals surface area contributed by atoms with Crippen LogP contribution in [0.5, 0.6) is 23.0 Å². The summed E-state index contributed by atoms with van der Waals surface area (Å²) in [6.07, 6.45) is -12.1. The van der Waals surface area contributed by atoms with Gasteiger partial charge in [-0.3, -0.25) is 0 Å². The van der Waals surface area contributed by atoms with E-state index in [2.05, 4.69) is 0 Å². The van der Waals surface area contributed by atoms with Crippen LogP contribution in [0.25, 0.3) is 0 Å². The zero-order chi connectivity index (χ0) is 20.9.